The Morgan fingerprint density at radius 2 is 1.50 bits per heavy atom. The molecule has 0 aromatic carbocycles. The molecule has 0 saturated carbocycles. The van der Waals surface area contributed by atoms with Crippen molar-refractivity contribution in [3.63, 3.8) is 0 Å². The van der Waals surface area contributed by atoms with Gasteiger partial charge in [0.15, 0.2) is 0 Å². The first-order valence-electron chi connectivity index (χ1n) is 4.16. The highest BCUT2D eigenvalue weighted by molar-refractivity contribution is 4.69. The molecule has 0 bridgehead atoms. The third kappa shape index (κ3) is 8.19. The molecule has 0 spiro atoms. The summed E-state index contributed by atoms with van der Waals surface area (Å²) in [6, 6.07) is 0. The van der Waals surface area contributed by atoms with E-state index >= 15 is 0 Å². The van der Waals surface area contributed by atoms with Crippen LogP contribution in [0.15, 0.2) is 0 Å². The van der Waals surface area contributed by atoms with Crippen molar-refractivity contribution in [1.82, 2.24) is 0 Å². The molecule has 0 radical (unpaired) electrons. The second-order valence-corrected chi connectivity index (χ2v) is 3.37. The summed E-state index contributed by atoms with van der Waals surface area (Å²) in [6.07, 6.45) is -6.73. The standard InChI is InChI=1S/C8H12F6/c1-7(11,12)3-2-4-8(13,14)5-6(9)10/h6H,2-5H2,1H3. The van der Waals surface area contributed by atoms with Crippen LogP contribution in [-0.2, 0) is 0 Å². The van der Waals surface area contributed by atoms with Crippen LogP contribution in [0.2, 0.25) is 0 Å². The summed E-state index contributed by atoms with van der Waals surface area (Å²) < 4.78 is 72.5. The van der Waals surface area contributed by atoms with Gasteiger partial charge in [0, 0.05) is 12.8 Å². The molecule has 0 unspecified atom stereocenters. The lowest BCUT2D eigenvalue weighted by atomic mass is 10.1. The lowest BCUT2D eigenvalue weighted by Gasteiger charge is -2.16. The molecule has 0 aliphatic heterocycles. The molecule has 0 amide bonds. The lowest BCUT2D eigenvalue weighted by molar-refractivity contribution is -0.0673. The zero-order chi connectivity index (χ0) is 11.4. The van der Waals surface area contributed by atoms with E-state index < -0.39 is 44.0 Å². The van der Waals surface area contributed by atoms with Crippen molar-refractivity contribution in [2.24, 2.45) is 0 Å². The fourth-order valence-electron chi connectivity index (χ4n) is 0.985. The van der Waals surface area contributed by atoms with Gasteiger partial charge in [-0.2, -0.15) is 0 Å². The second kappa shape index (κ2) is 4.89. The molecule has 0 fully saturated rings. The van der Waals surface area contributed by atoms with E-state index in [9.17, 15) is 26.3 Å². The summed E-state index contributed by atoms with van der Waals surface area (Å²) in [6.45, 7) is 0.609. The maximum absolute atomic E-state index is 12.5. The van der Waals surface area contributed by atoms with Gasteiger partial charge in [0.2, 0.25) is 12.3 Å². The van der Waals surface area contributed by atoms with Crippen molar-refractivity contribution in [2.75, 3.05) is 0 Å². The van der Waals surface area contributed by atoms with E-state index in [0.29, 0.717) is 6.92 Å². The van der Waals surface area contributed by atoms with Gasteiger partial charge in [-0.3, -0.25) is 0 Å². The minimum atomic E-state index is -3.54. The second-order valence-electron chi connectivity index (χ2n) is 3.37. The van der Waals surface area contributed by atoms with E-state index in [1.165, 1.54) is 0 Å². The molecule has 0 saturated heterocycles. The van der Waals surface area contributed by atoms with Gasteiger partial charge in [0.05, 0.1) is 6.42 Å². The highest BCUT2D eigenvalue weighted by Crippen LogP contribution is 2.30. The van der Waals surface area contributed by atoms with Crippen molar-refractivity contribution >= 4 is 0 Å². The smallest absolute Gasteiger partial charge is 0.210 e. The van der Waals surface area contributed by atoms with Gasteiger partial charge in [-0.15, -0.1) is 0 Å². The van der Waals surface area contributed by atoms with Gasteiger partial charge >= 0.3 is 0 Å². The molecule has 0 heterocycles. The Morgan fingerprint density at radius 1 is 1.00 bits per heavy atom. The first kappa shape index (κ1) is 13.6. The third-order valence-electron chi connectivity index (χ3n) is 1.61. The van der Waals surface area contributed by atoms with Crippen LogP contribution in [0.3, 0.4) is 0 Å². The average molecular weight is 222 g/mol. The maximum atomic E-state index is 12.5. The molecule has 0 rings (SSSR count). The maximum Gasteiger partial charge on any atom is 0.253 e. The Labute approximate surface area is 78.3 Å². The van der Waals surface area contributed by atoms with Gasteiger partial charge in [0.1, 0.15) is 0 Å². The van der Waals surface area contributed by atoms with Crippen LogP contribution >= 0.6 is 0 Å². The normalized spacial score (nSPS) is 13.7. The SMILES string of the molecule is CC(F)(F)CCCC(F)(F)CC(F)F. The quantitative estimate of drug-likeness (QED) is 0.593. The molecular weight excluding hydrogens is 210 g/mol. The lowest BCUT2D eigenvalue weighted by Crippen LogP contribution is -2.21. The predicted octanol–water partition coefficient (Wildman–Crippen LogP) is 4.10. The van der Waals surface area contributed by atoms with Crippen LogP contribution in [0.1, 0.15) is 32.6 Å². The number of hydrogen-bond donors (Lipinski definition) is 0. The van der Waals surface area contributed by atoms with Crippen molar-refractivity contribution in [3.8, 4) is 0 Å². The van der Waals surface area contributed by atoms with Crippen LogP contribution in [0.25, 0.3) is 0 Å². The Hall–Kier alpha value is -0.420. The minimum absolute atomic E-state index is 0.455. The summed E-state index contributed by atoms with van der Waals surface area (Å²) in [5.74, 6) is -6.56. The first-order chi connectivity index (χ1) is 6.12. The van der Waals surface area contributed by atoms with Gasteiger partial charge in [-0.05, 0) is 13.3 Å². The zero-order valence-corrected chi connectivity index (χ0v) is 7.67. The van der Waals surface area contributed by atoms with Crippen LogP contribution in [0, 0.1) is 0 Å². The van der Waals surface area contributed by atoms with E-state index in [4.69, 9.17) is 0 Å². The van der Waals surface area contributed by atoms with Gasteiger partial charge in [-0.1, -0.05) is 0 Å². The van der Waals surface area contributed by atoms with Crippen molar-refractivity contribution in [3.05, 3.63) is 0 Å². The van der Waals surface area contributed by atoms with E-state index in [1.54, 1.807) is 0 Å². The first-order valence-corrected chi connectivity index (χ1v) is 4.16. The molecule has 6 heteroatoms. The van der Waals surface area contributed by atoms with E-state index in [2.05, 4.69) is 0 Å². The summed E-state index contributed by atoms with van der Waals surface area (Å²) >= 11 is 0. The summed E-state index contributed by atoms with van der Waals surface area (Å²) in [5, 5.41) is 0. The highest BCUT2D eigenvalue weighted by atomic mass is 19.3. The highest BCUT2D eigenvalue weighted by Gasteiger charge is 2.33. The average Bonchev–Trinajstić information content (AvgIpc) is 1.78. The van der Waals surface area contributed by atoms with Gasteiger partial charge < -0.3 is 0 Å². The molecule has 0 aliphatic rings. The molecular formula is C8H12F6. The van der Waals surface area contributed by atoms with Crippen molar-refractivity contribution < 1.29 is 26.3 Å². The van der Waals surface area contributed by atoms with E-state index in [0.717, 1.165) is 0 Å². The molecule has 0 aromatic rings. The van der Waals surface area contributed by atoms with Gasteiger partial charge in [0.25, 0.3) is 5.92 Å². The van der Waals surface area contributed by atoms with Crippen molar-refractivity contribution in [2.45, 2.75) is 50.9 Å². The Bertz CT molecular complexity index is 160. The Balaban J connectivity index is 3.76. The Kier molecular flexibility index (Phi) is 4.74. The zero-order valence-electron chi connectivity index (χ0n) is 7.67. The predicted molar refractivity (Wildman–Crippen MR) is 40.0 cm³/mol. The van der Waals surface area contributed by atoms with Crippen molar-refractivity contribution in [1.29, 1.82) is 0 Å². The number of halogens is 6. The van der Waals surface area contributed by atoms with Gasteiger partial charge in [-0.25, -0.2) is 26.3 Å². The summed E-state index contributed by atoms with van der Waals surface area (Å²) in [4.78, 5) is 0. The molecule has 0 aromatic heterocycles. The summed E-state index contributed by atoms with van der Waals surface area (Å²) in [5.41, 5.74) is 0. The molecule has 14 heavy (non-hydrogen) atoms. The van der Waals surface area contributed by atoms with E-state index in [-0.39, 0.29) is 0 Å². The largest absolute Gasteiger partial charge is 0.253 e. The van der Waals surface area contributed by atoms with Crippen LogP contribution in [-0.4, -0.2) is 18.3 Å². The fraction of sp³-hybridized carbons (Fsp3) is 1.00. The molecule has 0 aliphatic carbocycles. The van der Waals surface area contributed by atoms with Crippen LogP contribution in [0.4, 0.5) is 26.3 Å². The number of alkyl halides is 6. The molecule has 0 N–H and O–H groups in total. The summed E-state index contributed by atoms with van der Waals surface area (Å²) in [7, 11) is 0. The molecule has 86 valence electrons. The molecule has 0 atom stereocenters. The topological polar surface area (TPSA) is 0 Å². The third-order valence-corrected chi connectivity index (χ3v) is 1.61. The Morgan fingerprint density at radius 3 is 1.86 bits per heavy atom. The van der Waals surface area contributed by atoms with E-state index in [1.807, 2.05) is 0 Å². The monoisotopic (exact) mass is 222 g/mol. The minimum Gasteiger partial charge on any atom is -0.210 e. The number of rotatable bonds is 6. The fourth-order valence-corrected chi connectivity index (χ4v) is 0.985. The number of hydrogen-bond acceptors (Lipinski definition) is 0. The molecule has 0 nitrogen and oxygen atoms in total. The van der Waals surface area contributed by atoms with Crippen LogP contribution < -0.4 is 0 Å². The van der Waals surface area contributed by atoms with Crippen LogP contribution in [0.5, 0.6) is 0 Å².